The second-order valence-electron chi connectivity index (χ2n) is 11.1. The average Bonchev–Trinajstić information content (AvgIpc) is 3.63. The normalized spacial score (nSPS) is 20.7. The topological polar surface area (TPSA) is 65.9 Å². The van der Waals surface area contributed by atoms with Gasteiger partial charge in [-0.3, -0.25) is 24.5 Å². The smallest absolute Gasteiger partial charge is 0.255 e. The van der Waals surface area contributed by atoms with E-state index in [-0.39, 0.29) is 23.7 Å². The minimum Gasteiger partial charge on any atom is -0.342 e. The second-order valence-corrected chi connectivity index (χ2v) is 11.1. The summed E-state index contributed by atoms with van der Waals surface area (Å²) in [7, 11) is 0. The van der Waals surface area contributed by atoms with Crippen molar-refractivity contribution in [2.75, 3.05) is 19.6 Å². The van der Waals surface area contributed by atoms with Crippen molar-refractivity contribution >= 4 is 17.6 Å². The Morgan fingerprint density at radius 2 is 1.58 bits per heavy atom. The molecule has 6 nitrogen and oxygen atoms in total. The number of carbonyl (C=O) groups excluding carboxylic acids is 2. The molecule has 6 rings (SSSR count). The van der Waals surface area contributed by atoms with Gasteiger partial charge in [-0.25, -0.2) is 4.39 Å². The molecule has 0 radical (unpaired) electrons. The monoisotopic (exact) mass is 510 g/mol. The summed E-state index contributed by atoms with van der Waals surface area (Å²) in [6.07, 6.45) is 6.33. The van der Waals surface area contributed by atoms with E-state index in [4.69, 9.17) is 0 Å². The summed E-state index contributed by atoms with van der Waals surface area (Å²) in [6.45, 7) is 5.34. The average molecular weight is 511 g/mol. The number of aliphatic imine (C=N–C) groups is 1. The van der Waals surface area contributed by atoms with Crippen LogP contribution in [0.4, 0.5) is 4.39 Å². The number of carbonyl (C=O) groups is 2. The standard InChI is InChI=1S/C31H31FN4O2/c1-31(2)30(38)36(19-20-13-16-35(18-20)29(37)24-7-8-24)28(34-31)26-10-9-25(17-27(26)32)22-5-3-21(4-6-22)23-11-14-33-15-12-23/h3-6,9-12,14-15,17,20,24H,7-8,13,16,18-19H2,1-2H3/t20-/m1/s1. The maximum absolute atomic E-state index is 15.6. The largest absolute Gasteiger partial charge is 0.342 e. The van der Waals surface area contributed by atoms with E-state index < -0.39 is 11.4 Å². The molecular weight excluding hydrogens is 479 g/mol. The number of halogens is 1. The lowest BCUT2D eigenvalue weighted by molar-refractivity contribution is -0.131. The summed E-state index contributed by atoms with van der Waals surface area (Å²) in [5, 5.41) is 0. The molecule has 0 N–H and O–H groups in total. The van der Waals surface area contributed by atoms with E-state index in [1.54, 1.807) is 37.2 Å². The Bertz CT molecular complexity index is 1410. The molecule has 2 aromatic carbocycles. The number of pyridine rings is 1. The van der Waals surface area contributed by atoms with Gasteiger partial charge in [0, 0.05) is 37.9 Å². The molecule has 0 unspecified atom stereocenters. The van der Waals surface area contributed by atoms with Gasteiger partial charge in [0.2, 0.25) is 5.91 Å². The van der Waals surface area contributed by atoms with Gasteiger partial charge in [0.05, 0.1) is 5.56 Å². The number of hydrogen-bond donors (Lipinski definition) is 0. The molecule has 38 heavy (non-hydrogen) atoms. The molecule has 1 saturated heterocycles. The van der Waals surface area contributed by atoms with Gasteiger partial charge in [-0.05, 0) is 85.5 Å². The summed E-state index contributed by atoms with van der Waals surface area (Å²) < 4.78 is 15.6. The van der Waals surface area contributed by atoms with Crippen LogP contribution in [0.1, 0.15) is 38.7 Å². The van der Waals surface area contributed by atoms with E-state index in [9.17, 15) is 9.59 Å². The van der Waals surface area contributed by atoms with Gasteiger partial charge < -0.3 is 4.90 Å². The van der Waals surface area contributed by atoms with E-state index in [1.165, 1.54) is 6.07 Å². The van der Waals surface area contributed by atoms with Crippen LogP contribution in [-0.2, 0) is 9.59 Å². The predicted octanol–water partition coefficient (Wildman–Crippen LogP) is 5.18. The van der Waals surface area contributed by atoms with Gasteiger partial charge in [0.15, 0.2) is 0 Å². The molecule has 3 aliphatic rings. The number of rotatable bonds is 6. The molecule has 194 valence electrons. The quantitative estimate of drug-likeness (QED) is 0.459. The SMILES string of the molecule is CC1(C)N=C(c2ccc(-c3ccc(-c4ccncc4)cc3)cc2F)N(C[C@@H]2CCN(C(=O)C3CC3)C2)C1=O. The summed E-state index contributed by atoms with van der Waals surface area (Å²) in [5.41, 5.74) is 3.17. The predicted molar refractivity (Wildman–Crippen MR) is 145 cm³/mol. The minimum absolute atomic E-state index is 0.130. The molecular formula is C31H31FN4O2. The number of likely N-dealkylation sites (tertiary alicyclic amines) is 1. The van der Waals surface area contributed by atoms with Gasteiger partial charge in [-0.2, -0.15) is 0 Å². The Morgan fingerprint density at radius 1 is 0.947 bits per heavy atom. The zero-order valence-corrected chi connectivity index (χ0v) is 21.7. The van der Waals surface area contributed by atoms with Crippen molar-refractivity contribution in [2.45, 2.75) is 38.6 Å². The van der Waals surface area contributed by atoms with Crippen LogP contribution in [0.15, 0.2) is 72.0 Å². The van der Waals surface area contributed by atoms with Gasteiger partial charge in [0.1, 0.15) is 17.2 Å². The summed E-state index contributed by atoms with van der Waals surface area (Å²) in [5.74, 6) is 0.426. The molecule has 2 aliphatic heterocycles. The lowest BCUT2D eigenvalue weighted by Crippen LogP contribution is -2.43. The van der Waals surface area contributed by atoms with Crippen molar-refractivity contribution in [3.8, 4) is 22.3 Å². The molecule has 2 amide bonds. The maximum Gasteiger partial charge on any atom is 0.255 e. The second kappa shape index (κ2) is 9.46. The van der Waals surface area contributed by atoms with Crippen molar-refractivity contribution in [2.24, 2.45) is 16.8 Å². The number of amidine groups is 1. The van der Waals surface area contributed by atoms with Crippen LogP contribution in [0.5, 0.6) is 0 Å². The molecule has 1 aromatic heterocycles. The Hall–Kier alpha value is -3.87. The molecule has 0 spiro atoms. The first-order valence-corrected chi connectivity index (χ1v) is 13.3. The number of nitrogens with zero attached hydrogens (tertiary/aromatic N) is 4. The van der Waals surface area contributed by atoms with Gasteiger partial charge in [0.25, 0.3) is 5.91 Å². The first-order chi connectivity index (χ1) is 18.3. The van der Waals surface area contributed by atoms with E-state index in [1.807, 2.05) is 47.4 Å². The maximum atomic E-state index is 15.6. The number of amides is 2. The lowest BCUT2D eigenvalue weighted by Gasteiger charge is -2.25. The first kappa shape index (κ1) is 24.5. The van der Waals surface area contributed by atoms with Crippen LogP contribution in [0.3, 0.4) is 0 Å². The highest BCUT2D eigenvalue weighted by Gasteiger charge is 2.44. The highest BCUT2D eigenvalue weighted by molar-refractivity contribution is 6.15. The summed E-state index contributed by atoms with van der Waals surface area (Å²) >= 11 is 0. The van der Waals surface area contributed by atoms with Gasteiger partial charge >= 0.3 is 0 Å². The fourth-order valence-corrected chi connectivity index (χ4v) is 5.48. The molecule has 1 atom stereocenters. The molecule has 7 heteroatoms. The van der Waals surface area contributed by atoms with Crippen molar-refractivity contribution < 1.29 is 14.0 Å². The highest BCUT2D eigenvalue weighted by Crippen LogP contribution is 2.34. The van der Waals surface area contributed by atoms with Crippen molar-refractivity contribution in [3.63, 3.8) is 0 Å². The number of benzene rings is 2. The van der Waals surface area contributed by atoms with E-state index in [2.05, 4.69) is 9.98 Å². The third kappa shape index (κ3) is 4.62. The van der Waals surface area contributed by atoms with Crippen molar-refractivity contribution in [1.82, 2.24) is 14.8 Å². The molecule has 1 aliphatic carbocycles. The first-order valence-electron chi connectivity index (χ1n) is 13.3. The summed E-state index contributed by atoms with van der Waals surface area (Å²) in [4.78, 5) is 38.1. The summed E-state index contributed by atoms with van der Waals surface area (Å²) in [6, 6.07) is 17.0. The number of hydrogen-bond acceptors (Lipinski definition) is 4. The molecule has 0 bridgehead atoms. The zero-order chi connectivity index (χ0) is 26.4. The Kier molecular flexibility index (Phi) is 6.09. The molecule has 2 fully saturated rings. The van der Waals surface area contributed by atoms with E-state index >= 15 is 4.39 Å². The Labute approximate surface area is 222 Å². The third-order valence-corrected chi connectivity index (χ3v) is 7.82. The highest BCUT2D eigenvalue weighted by atomic mass is 19.1. The van der Waals surface area contributed by atoms with Crippen LogP contribution < -0.4 is 0 Å². The fourth-order valence-electron chi connectivity index (χ4n) is 5.48. The minimum atomic E-state index is -0.953. The van der Waals surface area contributed by atoms with Crippen LogP contribution in [0, 0.1) is 17.7 Å². The van der Waals surface area contributed by atoms with Gasteiger partial charge in [-0.15, -0.1) is 0 Å². The van der Waals surface area contributed by atoms with Crippen molar-refractivity contribution in [1.29, 1.82) is 0 Å². The van der Waals surface area contributed by atoms with Crippen LogP contribution in [0.25, 0.3) is 22.3 Å². The lowest BCUT2D eigenvalue weighted by atomic mass is 9.99. The molecule has 3 aromatic rings. The third-order valence-electron chi connectivity index (χ3n) is 7.82. The number of aromatic nitrogens is 1. The van der Waals surface area contributed by atoms with Crippen LogP contribution in [0.2, 0.25) is 0 Å². The Morgan fingerprint density at radius 3 is 2.24 bits per heavy atom. The molecule has 1 saturated carbocycles. The molecule has 3 heterocycles. The fraction of sp³-hybridized carbons (Fsp3) is 0.355. The Balaban J connectivity index is 1.22. The zero-order valence-electron chi connectivity index (χ0n) is 21.7. The van der Waals surface area contributed by atoms with Gasteiger partial charge in [-0.1, -0.05) is 30.3 Å². The van der Waals surface area contributed by atoms with Crippen LogP contribution >= 0.6 is 0 Å². The van der Waals surface area contributed by atoms with E-state index in [0.717, 1.165) is 48.1 Å². The van der Waals surface area contributed by atoms with E-state index in [0.29, 0.717) is 24.5 Å². The van der Waals surface area contributed by atoms with Crippen LogP contribution in [-0.4, -0.2) is 57.6 Å². The van der Waals surface area contributed by atoms with Crippen molar-refractivity contribution in [3.05, 3.63) is 78.4 Å².